The predicted molar refractivity (Wildman–Crippen MR) is 72.4 cm³/mol. The Morgan fingerprint density at radius 3 is 2.62 bits per heavy atom. The van der Waals surface area contributed by atoms with Gasteiger partial charge in [-0.3, -0.25) is 9.48 Å². The highest BCUT2D eigenvalue weighted by atomic mass is 32.2. The van der Waals surface area contributed by atoms with E-state index in [4.69, 9.17) is 9.84 Å². The molecular weight excluding hydrogens is 302 g/mol. The minimum absolute atomic E-state index is 0.00123. The van der Waals surface area contributed by atoms with Crippen LogP contribution in [-0.2, 0) is 26.1 Å². The summed E-state index contributed by atoms with van der Waals surface area (Å²) in [5, 5.41) is 22.1. The van der Waals surface area contributed by atoms with Crippen molar-refractivity contribution in [3.63, 3.8) is 0 Å². The lowest BCUT2D eigenvalue weighted by Gasteiger charge is -2.11. The van der Waals surface area contributed by atoms with Crippen molar-refractivity contribution in [1.82, 2.24) is 14.5 Å². The van der Waals surface area contributed by atoms with Crippen LogP contribution in [-0.4, -0.2) is 60.7 Å². The van der Waals surface area contributed by atoms with Crippen molar-refractivity contribution in [3.05, 3.63) is 11.4 Å². The Kier molecular flexibility index (Phi) is 5.84. The van der Waals surface area contributed by atoms with Crippen LogP contribution in [0.4, 0.5) is 0 Å². The zero-order valence-corrected chi connectivity index (χ0v) is 12.8. The maximum absolute atomic E-state index is 12.2. The molecule has 9 nitrogen and oxygen atoms in total. The summed E-state index contributed by atoms with van der Waals surface area (Å²) >= 11 is 0. The van der Waals surface area contributed by atoms with E-state index in [-0.39, 0.29) is 29.4 Å². The number of hydrogen-bond acceptors (Lipinski definition) is 6. The second kappa shape index (κ2) is 6.98. The van der Waals surface area contributed by atoms with Gasteiger partial charge in [0.2, 0.25) is 10.0 Å². The first-order valence-corrected chi connectivity index (χ1v) is 7.59. The number of carboxylic acids is 1. The van der Waals surface area contributed by atoms with Gasteiger partial charge in [-0.1, -0.05) is 0 Å². The Labute approximate surface area is 122 Å². The van der Waals surface area contributed by atoms with Gasteiger partial charge in [0.15, 0.2) is 0 Å². The molecule has 10 heteroatoms. The smallest absolute Gasteiger partial charge is 0.325 e. The monoisotopic (exact) mass is 321 g/mol. The summed E-state index contributed by atoms with van der Waals surface area (Å²) < 4.78 is 32.5. The van der Waals surface area contributed by atoms with E-state index in [0.29, 0.717) is 0 Å². The highest BCUT2D eigenvalue weighted by Crippen LogP contribution is 2.19. The number of aromatic nitrogens is 2. The molecule has 0 spiro atoms. The maximum Gasteiger partial charge on any atom is 0.325 e. The Bertz CT molecular complexity index is 610. The van der Waals surface area contributed by atoms with Gasteiger partial charge in [-0.25, -0.2) is 13.1 Å². The van der Waals surface area contributed by atoms with Crippen LogP contribution in [0.1, 0.15) is 11.4 Å². The molecule has 120 valence electrons. The van der Waals surface area contributed by atoms with Crippen LogP contribution in [0.25, 0.3) is 0 Å². The minimum Gasteiger partial charge on any atom is -0.480 e. The van der Waals surface area contributed by atoms with Crippen molar-refractivity contribution in [3.8, 4) is 0 Å². The lowest BCUT2D eigenvalue weighted by molar-refractivity contribution is -0.137. The lowest BCUT2D eigenvalue weighted by atomic mass is 10.4. The quantitative estimate of drug-likeness (QED) is 0.552. The predicted octanol–water partition coefficient (Wildman–Crippen LogP) is -1.13. The number of nitrogens with zero attached hydrogens (tertiary/aromatic N) is 2. The Morgan fingerprint density at radius 1 is 1.48 bits per heavy atom. The standard InChI is InChI=1S/C11H19N3O6S/c1-7-11(8(2)14(13-7)5-10(16)17)21(18,19)12-4-9(15)6-20-3/h9,12,15H,4-6H2,1-3H3,(H,16,17). The van der Waals surface area contributed by atoms with Crippen molar-refractivity contribution in [1.29, 1.82) is 0 Å². The molecule has 3 N–H and O–H groups in total. The van der Waals surface area contributed by atoms with E-state index >= 15 is 0 Å². The van der Waals surface area contributed by atoms with Crippen LogP contribution in [0.2, 0.25) is 0 Å². The van der Waals surface area contributed by atoms with E-state index in [1.54, 1.807) is 0 Å². The fraction of sp³-hybridized carbons (Fsp3) is 0.636. The molecule has 0 saturated heterocycles. The zero-order chi connectivity index (χ0) is 16.2. The summed E-state index contributed by atoms with van der Waals surface area (Å²) in [6.45, 7) is 2.32. The molecule has 0 aromatic carbocycles. The first-order chi connectivity index (χ1) is 9.69. The SMILES string of the molecule is COCC(O)CNS(=O)(=O)c1c(C)nn(CC(=O)O)c1C. The number of carbonyl (C=O) groups is 1. The summed E-state index contributed by atoms with van der Waals surface area (Å²) in [5.41, 5.74) is 0.422. The number of sulfonamides is 1. The fourth-order valence-electron chi connectivity index (χ4n) is 1.88. The third kappa shape index (κ3) is 4.49. The van der Waals surface area contributed by atoms with Crippen molar-refractivity contribution < 1.29 is 28.2 Å². The third-order valence-electron chi connectivity index (χ3n) is 2.74. The molecule has 0 aliphatic heterocycles. The Balaban J connectivity index is 2.98. The first kappa shape index (κ1) is 17.6. The minimum atomic E-state index is -3.89. The van der Waals surface area contributed by atoms with Crippen LogP contribution >= 0.6 is 0 Å². The molecule has 1 atom stereocenters. The number of hydrogen-bond donors (Lipinski definition) is 3. The molecular formula is C11H19N3O6S. The summed E-state index contributed by atoms with van der Waals surface area (Å²) in [6.07, 6.45) is -0.973. The van der Waals surface area contributed by atoms with E-state index < -0.39 is 28.6 Å². The van der Waals surface area contributed by atoms with Crippen molar-refractivity contribution in [2.45, 2.75) is 31.4 Å². The van der Waals surface area contributed by atoms with Gasteiger partial charge >= 0.3 is 5.97 Å². The van der Waals surface area contributed by atoms with Gasteiger partial charge < -0.3 is 14.9 Å². The first-order valence-electron chi connectivity index (χ1n) is 6.11. The molecule has 1 aromatic rings. The number of aryl methyl sites for hydroxylation is 1. The highest BCUT2D eigenvalue weighted by Gasteiger charge is 2.25. The molecule has 21 heavy (non-hydrogen) atoms. The summed E-state index contributed by atoms with van der Waals surface area (Å²) in [4.78, 5) is 10.6. The van der Waals surface area contributed by atoms with Gasteiger partial charge in [-0.05, 0) is 13.8 Å². The van der Waals surface area contributed by atoms with E-state index in [1.807, 2.05) is 0 Å². The van der Waals surface area contributed by atoms with Gasteiger partial charge in [0.25, 0.3) is 0 Å². The molecule has 0 aliphatic carbocycles. The molecule has 0 saturated carbocycles. The second-order valence-electron chi connectivity index (χ2n) is 4.51. The van der Waals surface area contributed by atoms with Crippen LogP contribution in [0, 0.1) is 13.8 Å². The third-order valence-corrected chi connectivity index (χ3v) is 4.41. The molecule has 0 fully saturated rings. The molecule has 1 aromatic heterocycles. The average Bonchev–Trinajstić information content (AvgIpc) is 2.62. The Morgan fingerprint density at radius 2 is 2.10 bits per heavy atom. The van der Waals surface area contributed by atoms with Crippen molar-refractivity contribution >= 4 is 16.0 Å². The number of methoxy groups -OCH3 is 1. The van der Waals surface area contributed by atoms with Gasteiger partial charge in [0.05, 0.1) is 24.1 Å². The van der Waals surface area contributed by atoms with Gasteiger partial charge in [0, 0.05) is 13.7 Å². The highest BCUT2D eigenvalue weighted by molar-refractivity contribution is 7.89. The molecule has 1 unspecified atom stereocenters. The summed E-state index contributed by atoms with van der Waals surface area (Å²) in [7, 11) is -2.50. The summed E-state index contributed by atoms with van der Waals surface area (Å²) in [6, 6.07) is 0. The number of aliphatic hydroxyl groups excluding tert-OH is 1. The largest absolute Gasteiger partial charge is 0.480 e. The number of rotatable bonds is 8. The molecule has 0 bridgehead atoms. The summed E-state index contributed by atoms with van der Waals surface area (Å²) in [5.74, 6) is -1.12. The molecule has 0 radical (unpaired) electrons. The van der Waals surface area contributed by atoms with Crippen LogP contribution in [0.3, 0.4) is 0 Å². The molecule has 0 amide bonds. The van der Waals surface area contributed by atoms with Gasteiger partial charge in [-0.15, -0.1) is 0 Å². The number of ether oxygens (including phenoxy) is 1. The van der Waals surface area contributed by atoms with Crippen LogP contribution in [0.5, 0.6) is 0 Å². The van der Waals surface area contributed by atoms with E-state index in [0.717, 1.165) is 4.68 Å². The van der Waals surface area contributed by atoms with E-state index in [9.17, 15) is 18.3 Å². The topological polar surface area (TPSA) is 131 Å². The molecule has 1 heterocycles. The van der Waals surface area contributed by atoms with Gasteiger partial charge in [0.1, 0.15) is 11.4 Å². The van der Waals surface area contributed by atoms with Crippen LogP contribution < -0.4 is 4.72 Å². The van der Waals surface area contributed by atoms with Crippen molar-refractivity contribution in [2.24, 2.45) is 0 Å². The van der Waals surface area contributed by atoms with Gasteiger partial charge in [-0.2, -0.15) is 5.10 Å². The number of aliphatic hydroxyl groups is 1. The Hall–Kier alpha value is -1.49. The average molecular weight is 321 g/mol. The van der Waals surface area contributed by atoms with E-state index in [2.05, 4.69) is 9.82 Å². The fourth-order valence-corrected chi connectivity index (χ4v) is 3.36. The number of aliphatic carboxylic acids is 1. The molecule has 0 aliphatic rings. The number of nitrogens with one attached hydrogen (secondary N) is 1. The zero-order valence-electron chi connectivity index (χ0n) is 12.0. The molecule has 1 rings (SSSR count). The second-order valence-corrected chi connectivity index (χ2v) is 6.22. The van der Waals surface area contributed by atoms with E-state index in [1.165, 1.54) is 21.0 Å². The number of carboxylic acid groups (broad SMARTS) is 1. The maximum atomic E-state index is 12.2. The van der Waals surface area contributed by atoms with Crippen molar-refractivity contribution in [2.75, 3.05) is 20.3 Å². The normalized spacial score (nSPS) is 13.3. The van der Waals surface area contributed by atoms with Crippen LogP contribution in [0.15, 0.2) is 4.90 Å². The lowest BCUT2D eigenvalue weighted by Crippen LogP contribution is -2.34.